The molecule has 19 heavy (non-hydrogen) atoms. The van der Waals surface area contributed by atoms with Gasteiger partial charge in [0.15, 0.2) is 0 Å². The fourth-order valence-corrected chi connectivity index (χ4v) is 3.01. The molecule has 3 nitrogen and oxygen atoms in total. The van der Waals surface area contributed by atoms with E-state index < -0.39 is 0 Å². The minimum absolute atomic E-state index is 0.486. The Labute approximate surface area is 118 Å². The summed E-state index contributed by atoms with van der Waals surface area (Å²) in [5, 5.41) is 4.39. The average Bonchev–Trinajstić information content (AvgIpc) is 2.86. The molecule has 0 aliphatic rings. The predicted octanol–water partition coefficient (Wildman–Crippen LogP) is 2.89. The third-order valence-electron chi connectivity index (χ3n) is 3.14. The molecule has 0 bridgehead atoms. The van der Waals surface area contributed by atoms with Gasteiger partial charge in [0, 0.05) is 29.1 Å². The number of hydrogen-bond acceptors (Lipinski definition) is 4. The normalized spacial score (nSPS) is 12.4. The number of methoxy groups -OCH3 is 1. The van der Waals surface area contributed by atoms with E-state index in [0.29, 0.717) is 6.04 Å². The first kappa shape index (κ1) is 14.0. The summed E-state index contributed by atoms with van der Waals surface area (Å²) in [4.78, 5) is 5.84. The van der Waals surface area contributed by atoms with Gasteiger partial charge in [-0.25, -0.2) is 4.98 Å². The molecule has 4 heteroatoms. The summed E-state index contributed by atoms with van der Waals surface area (Å²) >= 11 is 1.78. The first-order chi connectivity index (χ1) is 9.22. The SMILES string of the molecule is CNC(C)Cc1cnc(Cc2ccccc2OC)s1. The Kier molecular flexibility index (Phi) is 4.93. The van der Waals surface area contributed by atoms with Crippen LogP contribution in [-0.2, 0) is 12.8 Å². The van der Waals surface area contributed by atoms with E-state index in [2.05, 4.69) is 23.3 Å². The Morgan fingerprint density at radius 1 is 1.37 bits per heavy atom. The minimum atomic E-state index is 0.486. The molecule has 1 N–H and O–H groups in total. The number of nitrogens with one attached hydrogen (secondary N) is 1. The average molecular weight is 276 g/mol. The number of rotatable bonds is 6. The van der Waals surface area contributed by atoms with Gasteiger partial charge in [0.1, 0.15) is 5.75 Å². The van der Waals surface area contributed by atoms with Crippen LogP contribution in [0, 0.1) is 0 Å². The Balaban J connectivity index is 2.07. The number of nitrogens with zero attached hydrogens (tertiary/aromatic N) is 1. The van der Waals surface area contributed by atoms with Crippen LogP contribution in [0.5, 0.6) is 5.75 Å². The van der Waals surface area contributed by atoms with Gasteiger partial charge in [-0.05, 0) is 26.5 Å². The minimum Gasteiger partial charge on any atom is -0.496 e. The fraction of sp³-hybridized carbons (Fsp3) is 0.400. The molecule has 1 heterocycles. The van der Waals surface area contributed by atoms with Gasteiger partial charge in [-0.3, -0.25) is 0 Å². The maximum atomic E-state index is 5.37. The molecule has 0 amide bonds. The Bertz CT molecular complexity index is 524. The monoisotopic (exact) mass is 276 g/mol. The number of ether oxygens (including phenoxy) is 1. The smallest absolute Gasteiger partial charge is 0.122 e. The molecule has 102 valence electrons. The highest BCUT2D eigenvalue weighted by Gasteiger charge is 2.08. The number of aromatic nitrogens is 1. The van der Waals surface area contributed by atoms with Crippen molar-refractivity contribution in [3.63, 3.8) is 0 Å². The van der Waals surface area contributed by atoms with E-state index in [1.165, 1.54) is 10.4 Å². The van der Waals surface area contributed by atoms with Crippen LogP contribution in [0.2, 0.25) is 0 Å². The van der Waals surface area contributed by atoms with E-state index in [9.17, 15) is 0 Å². The van der Waals surface area contributed by atoms with Crippen LogP contribution in [-0.4, -0.2) is 25.2 Å². The molecule has 0 radical (unpaired) electrons. The molecule has 0 aliphatic carbocycles. The van der Waals surface area contributed by atoms with Crippen LogP contribution in [0.1, 0.15) is 22.4 Å². The van der Waals surface area contributed by atoms with E-state index >= 15 is 0 Å². The molecule has 1 aromatic heterocycles. The Morgan fingerprint density at radius 3 is 2.89 bits per heavy atom. The van der Waals surface area contributed by atoms with Crippen LogP contribution in [0.25, 0.3) is 0 Å². The van der Waals surface area contributed by atoms with Crippen molar-refractivity contribution in [1.29, 1.82) is 0 Å². The summed E-state index contributed by atoms with van der Waals surface area (Å²) in [6.07, 6.45) is 3.85. The second kappa shape index (κ2) is 6.68. The van der Waals surface area contributed by atoms with Crippen LogP contribution in [0.15, 0.2) is 30.5 Å². The van der Waals surface area contributed by atoms with E-state index in [1.54, 1.807) is 18.4 Å². The van der Waals surface area contributed by atoms with Crippen molar-refractivity contribution < 1.29 is 4.74 Å². The van der Waals surface area contributed by atoms with Gasteiger partial charge in [-0.1, -0.05) is 18.2 Å². The van der Waals surface area contributed by atoms with Gasteiger partial charge in [0.25, 0.3) is 0 Å². The van der Waals surface area contributed by atoms with Crippen molar-refractivity contribution in [2.75, 3.05) is 14.2 Å². The van der Waals surface area contributed by atoms with E-state index in [-0.39, 0.29) is 0 Å². The van der Waals surface area contributed by atoms with E-state index in [1.807, 2.05) is 31.4 Å². The maximum Gasteiger partial charge on any atom is 0.122 e. The third kappa shape index (κ3) is 3.78. The number of benzene rings is 1. The zero-order valence-electron chi connectivity index (χ0n) is 11.6. The highest BCUT2D eigenvalue weighted by atomic mass is 32.1. The molecular weight excluding hydrogens is 256 g/mol. The lowest BCUT2D eigenvalue weighted by atomic mass is 10.1. The highest BCUT2D eigenvalue weighted by Crippen LogP contribution is 2.23. The van der Waals surface area contributed by atoms with Crippen molar-refractivity contribution >= 4 is 11.3 Å². The van der Waals surface area contributed by atoms with Crippen molar-refractivity contribution in [3.8, 4) is 5.75 Å². The third-order valence-corrected chi connectivity index (χ3v) is 4.16. The van der Waals surface area contributed by atoms with Crippen molar-refractivity contribution in [3.05, 3.63) is 45.9 Å². The van der Waals surface area contributed by atoms with Crippen molar-refractivity contribution in [2.24, 2.45) is 0 Å². The number of hydrogen-bond donors (Lipinski definition) is 1. The van der Waals surface area contributed by atoms with Gasteiger partial charge in [0.05, 0.1) is 12.1 Å². The molecule has 1 aromatic carbocycles. The molecule has 1 atom stereocenters. The lowest BCUT2D eigenvalue weighted by molar-refractivity contribution is 0.410. The summed E-state index contributed by atoms with van der Waals surface area (Å²) in [7, 11) is 3.70. The lowest BCUT2D eigenvalue weighted by Gasteiger charge is -2.07. The summed E-state index contributed by atoms with van der Waals surface area (Å²) in [6, 6.07) is 8.60. The van der Waals surface area contributed by atoms with Crippen LogP contribution in [0.3, 0.4) is 0 Å². The molecule has 0 spiro atoms. The summed E-state index contributed by atoms with van der Waals surface area (Å²) in [5.74, 6) is 0.933. The summed E-state index contributed by atoms with van der Waals surface area (Å²) in [6.45, 7) is 2.18. The zero-order valence-corrected chi connectivity index (χ0v) is 12.5. The molecule has 1 unspecified atom stereocenters. The first-order valence-electron chi connectivity index (χ1n) is 6.45. The van der Waals surface area contributed by atoms with Crippen LogP contribution >= 0.6 is 11.3 Å². The second-order valence-electron chi connectivity index (χ2n) is 4.60. The zero-order chi connectivity index (χ0) is 13.7. The summed E-state index contributed by atoms with van der Waals surface area (Å²) in [5.41, 5.74) is 1.19. The van der Waals surface area contributed by atoms with Gasteiger partial charge >= 0.3 is 0 Å². The number of para-hydroxylation sites is 1. The lowest BCUT2D eigenvalue weighted by Crippen LogP contribution is -2.22. The molecule has 2 aromatic rings. The maximum absolute atomic E-state index is 5.37. The molecule has 0 saturated heterocycles. The van der Waals surface area contributed by atoms with E-state index in [4.69, 9.17) is 4.74 Å². The van der Waals surface area contributed by atoms with Crippen LogP contribution in [0.4, 0.5) is 0 Å². The molecule has 0 saturated carbocycles. The van der Waals surface area contributed by atoms with Gasteiger partial charge in [0.2, 0.25) is 0 Å². The molecule has 0 fully saturated rings. The second-order valence-corrected chi connectivity index (χ2v) is 5.80. The quantitative estimate of drug-likeness (QED) is 0.881. The predicted molar refractivity (Wildman–Crippen MR) is 80.1 cm³/mol. The number of likely N-dealkylation sites (N-methyl/N-ethyl adjacent to an activating group) is 1. The van der Waals surface area contributed by atoms with E-state index in [0.717, 1.165) is 23.6 Å². The topological polar surface area (TPSA) is 34.2 Å². The summed E-state index contributed by atoms with van der Waals surface area (Å²) < 4.78 is 5.37. The van der Waals surface area contributed by atoms with Crippen LogP contribution < -0.4 is 10.1 Å². The molecule has 0 aliphatic heterocycles. The van der Waals surface area contributed by atoms with Crippen molar-refractivity contribution in [2.45, 2.75) is 25.8 Å². The standard InChI is InChI=1S/C15H20N2OS/c1-11(16-2)8-13-10-17-15(19-13)9-12-6-4-5-7-14(12)18-3/h4-7,10-11,16H,8-9H2,1-3H3. The Hall–Kier alpha value is -1.39. The number of thiazole rings is 1. The van der Waals surface area contributed by atoms with Gasteiger partial charge in [-0.2, -0.15) is 0 Å². The fourth-order valence-electron chi connectivity index (χ4n) is 1.94. The highest BCUT2D eigenvalue weighted by molar-refractivity contribution is 7.11. The first-order valence-corrected chi connectivity index (χ1v) is 7.27. The molecule has 2 rings (SSSR count). The van der Waals surface area contributed by atoms with Crippen molar-refractivity contribution in [1.82, 2.24) is 10.3 Å². The van der Waals surface area contributed by atoms with Gasteiger partial charge in [-0.15, -0.1) is 11.3 Å². The largest absolute Gasteiger partial charge is 0.496 e. The molecular formula is C15H20N2OS. The Morgan fingerprint density at radius 2 is 2.16 bits per heavy atom. The van der Waals surface area contributed by atoms with Gasteiger partial charge < -0.3 is 10.1 Å².